The van der Waals surface area contributed by atoms with Crippen molar-refractivity contribution in [3.63, 3.8) is 0 Å². The van der Waals surface area contributed by atoms with Gasteiger partial charge in [0.25, 0.3) is 5.56 Å². The molecular weight excluding hydrogens is 476 g/mol. The number of anilines is 2. The summed E-state index contributed by atoms with van der Waals surface area (Å²) in [7, 11) is 0. The first-order chi connectivity index (χ1) is 15.4. The summed E-state index contributed by atoms with van der Waals surface area (Å²) < 4.78 is 88.0. The minimum Gasteiger partial charge on any atom is -0.368 e. The number of hydrogen-bond acceptors (Lipinski definition) is 7. The lowest BCUT2D eigenvalue weighted by molar-refractivity contribution is -0.138. The Morgan fingerprint density at radius 1 is 1.18 bits per heavy atom. The van der Waals surface area contributed by atoms with Crippen LogP contribution >= 0.6 is 12.2 Å². The van der Waals surface area contributed by atoms with Gasteiger partial charge in [0.1, 0.15) is 23.6 Å². The summed E-state index contributed by atoms with van der Waals surface area (Å²) in [5.74, 6) is -4.61. The van der Waals surface area contributed by atoms with Gasteiger partial charge in [-0.2, -0.15) is 18.2 Å². The minimum absolute atomic E-state index is 0.0994. The summed E-state index contributed by atoms with van der Waals surface area (Å²) in [4.78, 5) is 20.9. The van der Waals surface area contributed by atoms with Crippen LogP contribution in [0, 0.1) is 17.5 Å². The Morgan fingerprint density at radius 2 is 1.88 bits per heavy atom. The van der Waals surface area contributed by atoms with E-state index in [1.165, 1.54) is 16.8 Å². The number of fused-ring (bicyclic) bond motifs is 1. The highest BCUT2D eigenvalue weighted by Gasteiger charge is 2.27. The molecule has 7 nitrogen and oxygen atoms in total. The van der Waals surface area contributed by atoms with Gasteiger partial charge in [-0.15, -0.1) is 0 Å². The third-order valence-corrected chi connectivity index (χ3v) is 5.00. The fourth-order valence-electron chi connectivity index (χ4n) is 2.96. The number of hydrogen-bond donors (Lipinski definition) is 2. The molecule has 0 amide bonds. The van der Waals surface area contributed by atoms with E-state index in [0.29, 0.717) is 6.07 Å². The quantitative estimate of drug-likeness (QED) is 0.158. The van der Waals surface area contributed by atoms with E-state index in [0.717, 1.165) is 0 Å². The van der Waals surface area contributed by atoms with Gasteiger partial charge in [0.2, 0.25) is 5.95 Å². The molecule has 0 radical (unpaired) electrons. The Hall–Kier alpha value is -3.00. The van der Waals surface area contributed by atoms with Crippen molar-refractivity contribution in [1.29, 1.82) is 0 Å². The number of aromatic nitrogens is 3. The van der Waals surface area contributed by atoms with Gasteiger partial charge >= 0.3 is 6.18 Å². The highest BCUT2D eigenvalue weighted by molar-refractivity contribution is 7.96. The Labute approximate surface area is 187 Å². The number of benzene rings is 1. The molecule has 3 rings (SSSR count). The van der Waals surface area contributed by atoms with E-state index < -0.39 is 59.5 Å². The molecular formula is C19H17F6N5O2S. The van der Waals surface area contributed by atoms with Crippen molar-refractivity contribution in [3.8, 4) is 11.1 Å². The van der Waals surface area contributed by atoms with Gasteiger partial charge < -0.3 is 10.5 Å². The van der Waals surface area contributed by atoms with Gasteiger partial charge in [-0.1, -0.05) is 0 Å². The fourth-order valence-corrected chi connectivity index (χ4v) is 3.46. The molecule has 14 heteroatoms. The monoisotopic (exact) mass is 493 g/mol. The highest BCUT2D eigenvalue weighted by atomic mass is 32.2. The zero-order chi connectivity index (χ0) is 24.5. The molecule has 0 fully saturated rings. The molecule has 33 heavy (non-hydrogen) atoms. The second kappa shape index (κ2) is 9.47. The lowest BCUT2D eigenvalue weighted by atomic mass is 10.0. The molecule has 178 valence electrons. The second-order valence-corrected chi connectivity index (χ2v) is 7.72. The number of nitrogens with two attached hydrogens (primary N) is 1. The van der Waals surface area contributed by atoms with Crippen LogP contribution in [-0.4, -0.2) is 27.3 Å². The van der Waals surface area contributed by atoms with Crippen LogP contribution in [0.1, 0.15) is 26.3 Å². The summed E-state index contributed by atoms with van der Waals surface area (Å²) in [6, 6.07) is 1.33. The van der Waals surface area contributed by atoms with E-state index >= 15 is 0 Å². The molecule has 0 spiro atoms. The van der Waals surface area contributed by atoms with Crippen LogP contribution < -0.4 is 16.0 Å². The topological polar surface area (TPSA) is 95.1 Å². The van der Waals surface area contributed by atoms with E-state index in [-0.39, 0.29) is 34.8 Å². The molecule has 0 aliphatic carbocycles. The van der Waals surface area contributed by atoms with E-state index in [2.05, 4.69) is 14.2 Å². The van der Waals surface area contributed by atoms with Crippen molar-refractivity contribution in [2.24, 2.45) is 0 Å². The largest absolute Gasteiger partial charge is 0.391 e. The summed E-state index contributed by atoms with van der Waals surface area (Å²) in [5.41, 5.74) is 3.00. The Kier molecular flexibility index (Phi) is 7.07. The molecule has 0 atom stereocenters. The van der Waals surface area contributed by atoms with Gasteiger partial charge in [0.05, 0.1) is 18.6 Å². The molecule has 0 saturated carbocycles. The van der Waals surface area contributed by atoms with Crippen molar-refractivity contribution < 1.29 is 30.5 Å². The first kappa shape index (κ1) is 24.6. The van der Waals surface area contributed by atoms with Crippen LogP contribution in [0.25, 0.3) is 22.2 Å². The molecule has 0 aliphatic heterocycles. The van der Waals surface area contributed by atoms with Crippen LogP contribution in [0.15, 0.2) is 23.1 Å². The fraction of sp³-hybridized carbons (Fsp3) is 0.316. The number of alkyl halides is 3. The molecule has 3 N–H and O–H groups in total. The van der Waals surface area contributed by atoms with Gasteiger partial charge in [-0.3, -0.25) is 13.5 Å². The first-order valence-electron chi connectivity index (χ1n) is 9.37. The maximum absolute atomic E-state index is 14.9. The van der Waals surface area contributed by atoms with E-state index in [9.17, 15) is 31.1 Å². The number of pyridine rings is 1. The van der Waals surface area contributed by atoms with Crippen molar-refractivity contribution in [2.75, 3.05) is 17.1 Å². The summed E-state index contributed by atoms with van der Waals surface area (Å²) in [5, 5.41) is 0.281. The van der Waals surface area contributed by atoms with Crippen molar-refractivity contribution in [3.05, 3.63) is 46.1 Å². The average molecular weight is 493 g/mol. The lowest BCUT2D eigenvalue weighted by Gasteiger charge is -2.16. The maximum atomic E-state index is 14.9. The molecule has 0 unspecified atom stereocenters. The predicted octanol–water partition coefficient (Wildman–Crippen LogP) is 4.98. The third kappa shape index (κ3) is 5.33. The van der Waals surface area contributed by atoms with Crippen molar-refractivity contribution in [2.45, 2.75) is 32.5 Å². The molecule has 0 bridgehead atoms. The Morgan fingerprint density at radius 3 is 2.52 bits per heavy atom. The maximum Gasteiger partial charge on any atom is 0.391 e. The molecule has 0 saturated heterocycles. The third-order valence-electron chi connectivity index (χ3n) is 4.43. The minimum atomic E-state index is -4.47. The summed E-state index contributed by atoms with van der Waals surface area (Å²) in [6.07, 6.45) is -4.46. The lowest BCUT2D eigenvalue weighted by Crippen LogP contribution is -2.25. The Balaban J connectivity index is 2.00. The second-order valence-electron chi connectivity index (χ2n) is 7.12. The van der Waals surface area contributed by atoms with Crippen LogP contribution in [0.4, 0.5) is 38.0 Å². The zero-order valence-corrected chi connectivity index (χ0v) is 18.0. The van der Waals surface area contributed by atoms with Crippen LogP contribution in [0.5, 0.6) is 0 Å². The number of nitrogen functional groups attached to an aromatic ring is 1. The molecule has 2 heterocycles. The molecule has 1 aromatic carbocycles. The van der Waals surface area contributed by atoms with Gasteiger partial charge in [0, 0.05) is 23.2 Å². The number of nitrogens with zero attached hydrogens (tertiary/aromatic N) is 3. The van der Waals surface area contributed by atoms with Crippen molar-refractivity contribution >= 4 is 34.9 Å². The number of nitrogens with one attached hydrogen (secondary N) is 1. The SMILES string of the molecule is CC(C)n1c(=O)c(-c2cc(F)c(NSOCCC(F)(F)F)c(F)c2F)cc2cnc(N)nc21. The summed E-state index contributed by atoms with van der Waals surface area (Å²) in [6.45, 7) is 2.52. The first-order valence-corrected chi connectivity index (χ1v) is 10.1. The van der Waals surface area contributed by atoms with E-state index in [1.807, 2.05) is 4.72 Å². The van der Waals surface area contributed by atoms with Gasteiger partial charge in [-0.25, -0.2) is 18.2 Å². The van der Waals surface area contributed by atoms with Crippen LogP contribution in [0.3, 0.4) is 0 Å². The highest BCUT2D eigenvalue weighted by Crippen LogP contribution is 2.33. The average Bonchev–Trinajstić information content (AvgIpc) is 2.71. The molecule has 3 aromatic rings. The number of halogens is 6. The summed E-state index contributed by atoms with van der Waals surface area (Å²) >= 11 is 0.108. The standard InChI is InChI=1S/C19H17F6N5O2S/c1-8(2)30-16-9(7-27-18(26)28-16)5-11(17(30)31)10-6-12(20)15(14(22)13(10)21)29-33-32-4-3-19(23,24)25/h5-8,29H,3-4H2,1-2H3,(H2,26,27,28). The Bertz CT molecular complexity index is 1250. The smallest absolute Gasteiger partial charge is 0.368 e. The predicted molar refractivity (Wildman–Crippen MR) is 112 cm³/mol. The molecule has 2 aromatic heterocycles. The van der Waals surface area contributed by atoms with Gasteiger partial charge in [-0.05, 0) is 26.0 Å². The zero-order valence-electron chi connectivity index (χ0n) is 17.1. The normalized spacial score (nSPS) is 12.0. The van der Waals surface area contributed by atoms with Crippen LogP contribution in [0.2, 0.25) is 0 Å². The van der Waals surface area contributed by atoms with E-state index in [4.69, 9.17) is 5.73 Å². The van der Waals surface area contributed by atoms with E-state index in [1.54, 1.807) is 13.8 Å². The van der Waals surface area contributed by atoms with Gasteiger partial charge in [0.15, 0.2) is 17.5 Å². The van der Waals surface area contributed by atoms with Crippen molar-refractivity contribution in [1.82, 2.24) is 14.5 Å². The molecule has 0 aliphatic rings. The number of rotatable bonds is 7. The van der Waals surface area contributed by atoms with Crippen LogP contribution in [-0.2, 0) is 4.18 Å².